The number of hydrogen-bond acceptors (Lipinski definition) is 6. The molecule has 0 spiro atoms. The van der Waals surface area contributed by atoms with Crippen molar-refractivity contribution in [3.8, 4) is 11.5 Å². The van der Waals surface area contributed by atoms with E-state index >= 15 is 0 Å². The zero-order chi connectivity index (χ0) is 22.9. The van der Waals surface area contributed by atoms with E-state index < -0.39 is 21.2 Å². The minimum Gasteiger partial charge on any atom is -0.493 e. The van der Waals surface area contributed by atoms with E-state index in [9.17, 15) is 13.4 Å². The summed E-state index contributed by atoms with van der Waals surface area (Å²) in [7, 11) is 0.00723. The molecule has 164 valence electrons. The summed E-state index contributed by atoms with van der Waals surface area (Å²) in [6.07, 6.45) is 0. The summed E-state index contributed by atoms with van der Waals surface area (Å²) >= 11 is 0. The van der Waals surface area contributed by atoms with Gasteiger partial charge in [-0.05, 0) is 54.4 Å². The molecular weight excluding hydrogens is 433 g/mol. The summed E-state index contributed by atoms with van der Waals surface area (Å²) in [6, 6.07) is 18.8. The Morgan fingerprint density at radius 1 is 1.00 bits per heavy atom. The molecule has 32 heavy (non-hydrogen) atoms. The molecule has 0 saturated carbocycles. The number of fused-ring (bicyclic) bond motifs is 1. The van der Waals surface area contributed by atoms with Crippen molar-refractivity contribution >= 4 is 38.0 Å². The van der Waals surface area contributed by atoms with Gasteiger partial charge in [0, 0.05) is 30.3 Å². The van der Waals surface area contributed by atoms with Crippen molar-refractivity contribution in [2.45, 2.75) is 4.90 Å². The molecule has 8 heteroatoms. The van der Waals surface area contributed by atoms with Crippen LogP contribution in [0.15, 0.2) is 86.9 Å². The highest BCUT2D eigenvalue weighted by Gasteiger charge is 2.17. The third-order valence-electron chi connectivity index (χ3n) is 4.92. The summed E-state index contributed by atoms with van der Waals surface area (Å²) in [5, 5.41) is 0.750. The van der Waals surface area contributed by atoms with Crippen LogP contribution in [0.1, 0.15) is 0 Å². The van der Waals surface area contributed by atoms with Gasteiger partial charge in [0.25, 0.3) is 0 Å². The second-order valence-corrected chi connectivity index (χ2v) is 8.86. The van der Waals surface area contributed by atoms with Gasteiger partial charge in [-0.25, -0.2) is 13.4 Å². The van der Waals surface area contributed by atoms with Crippen molar-refractivity contribution in [1.29, 1.82) is 0 Å². The molecule has 1 atom stereocenters. The van der Waals surface area contributed by atoms with Crippen LogP contribution >= 0.6 is 0 Å². The lowest BCUT2D eigenvalue weighted by atomic mass is 10.1. The fraction of sp³-hybridized carbons (Fsp3) is 0.0833. The molecule has 6 nitrogen and oxygen atoms in total. The first-order valence-electron chi connectivity index (χ1n) is 9.55. The van der Waals surface area contributed by atoms with Gasteiger partial charge in [-0.15, -0.1) is 0 Å². The van der Waals surface area contributed by atoms with Gasteiger partial charge < -0.3 is 18.2 Å². The highest BCUT2D eigenvalue weighted by molar-refractivity contribution is 7.96. The zero-order valence-corrected chi connectivity index (χ0v) is 18.2. The fourth-order valence-electron chi connectivity index (χ4n) is 3.29. The van der Waals surface area contributed by atoms with E-state index in [-0.39, 0.29) is 10.6 Å². The number of halogens is 1. The molecule has 0 fully saturated rings. The minimum atomic E-state index is -3.24. The third kappa shape index (κ3) is 4.17. The van der Waals surface area contributed by atoms with Crippen LogP contribution in [-0.4, -0.2) is 24.2 Å². The lowest BCUT2D eigenvalue weighted by molar-refractivity contribution is 0.396. The average molecular weight is 453 g/mol. The van der Waals surface area contributed by atoms with E-state index in [0.717, 1.165) is 5.39 Å². The Morgan fingerprint density at radius 2 is 1.72 bits per heavy atom. The van der Waals surface area contributed by atoms with Gasteiger partial charge in [0.15, 0.2) is 11.5 Å². The molecule has 4 aromatic rings. The number of anilines is 2. The van der Waals surface area contributed by atoms with Crippen molar-refractivity contribution in [3.63, 3.8) is 0 Å². The molecule has 4 rings (SSSR count). The number of nitrogens with zero attached hydrogens (tertiary/aromatic N) is 1. The molecule has 0 aliphatic carbocycles. The lowest BCUT2D eigenvalue weighted by Crippen LogP contribution is -2.14. The Kier molecular flexibility index (Phi) is 5.63. The lowest BCUT2D eigenvalue weighted by Gasteiger charge is -2.22. The molecule has 0 aliphatic heterocycles. The summed E-state index contributed by atoms with van der Waals surface area (Å²) in [5.74, 6) is 3.77. The Hall–Kier alpha value is -3.78. The summed E-state index contributed by atoms with van der Waals surface area (Å²) in [5.41, 5.74) is 1.25. The number of rotatable bonds is 6. The molecule has 0 bridgehead atoms. The Labute approximate surface area is 184 Å². The van der Waals surface area contributed by atoms with Crippen LogP contribution in [0, 0.1) is 5.82 Å². The Bertz CT molecular complexity index is 1450. The molecule has 1 unspecified atom stereocenters. The molecular formula is C24H20FNO5S. The first-order chi connectivity index (χ1) is 15.3. The largest absolute Gasteiger partial charge is 0.493 e. The minimum absolute atomic E-state index is 0.188. The number of para-hydroxylation sites is 1. The molecule has 0 saturated heterocycles. The first-order valence-corrected chi connectivity index (χ1v) is 11.2. The predicted molar refractivity (Wildman–Crippen MR) is 124 cm³/mol. The number of ether oxygens (including phenoxy) is 1. The maximum atomic E-state index is 13.3. The van der Waals surface area contributed by atoms with Gasteiger partial charge in [-0.2, -0.15) is 0 Å². The molecule has 1 aromatic heterocycles. The molecule has 1 heterocycles. The molecule has 3 aromatic carbocycles. The van der Waals surface area contributed by atoms with Crippen molar-refractivity contribution in [2.75, 3.05) is 19.1 Å². The van der Waals surface area contributed by atoms with Crippen LogP contribution in [0.4, 0.5) is 15.8 Å². The normalized spacial score (nSPS) is 12.8. The van der Waals surface area contributed by atoms with Crippen molar-refractivity contribution in [3.05, 3.63) is 89.0 Å². The van der Waals surface area contributed by atoms with Gasteiger partial charge in [0.2, 0.25) is 0 Å². The maximum absolute atomic E-state index is 13.3. The van der Waals surface area contributed by atoms with E-state index in [4.69, 9.17) is 13.3 Å². The highest BCUT2D eigenvalue weighted by atomic mass is 32.2. The molecule has 0 N–H and O–H groups in total. The number of methoxy groups -OCH3 is 1. The van der Waals surface area contributed by atoms with Crippen LogP contribution in [-0.2, 0) is 9.80 Å². The highest BCUT2D eigenvalue weighted by Crippen LogP contribution is 2.37. The monoisotopic (exact) mass is 453 g/mol. The second-order valence-electron chi connectivity index (χ2n) is 6.99. The van der Waals surface area contributed by atoms with Gasteiger partial charge in [-0.3, -0.25) is 0 Å². The van der Waals surface area contributed by atoms with Crippen molar-refractivity contribution < 1.29 is 21.9 Å². The van der Waals surface area contributed by atoms with Gasteiger partial charge >= 0.3 is 5.63 Å². The zero-order valence-electron chi connectivity index (χ0n) is 17.4. The van der Waals surface area contributed by atoms with Gasteiger partial charge in [0.1, 0.15) is 21.2 Å². The number of hydrogen-bond donors (Lipinski definition) is 0. The van der Waals surface area contributed by atoms with Gasteiger partial charge in [0.05, 0.1) is 17.7 Å². The van der Waals surface area contributed by atoms with E-state index in [1.54, 1.807) is 42.3 Å². The maximum Gasteiger partial charge on any atom is 0.338 e. The second kappa shape index (κ2) is 8.39. The molecule has 0 radical (unpaired) electrons. The molecule has 0 amide bonds. The fourth-order valence-corrected chi connectivity index (χ4v) is 4.35. The average Bonchev–Trinajstić information content (AvgIpc) is 2.78. The Balaban J connectivity index is 1.76. The van der Waals surface area contributed by atoms with E-state index in [1.807, 2.05) is 12.1 Å². The van der Waals surface area contributed by atoms with Crippen LogP contribution in [0.25, 0.3) is 11.0 Å². The van der Waals surface area contributed by atoms with Crippen LogP contribution < -0.4 is 19.4 Å². The van der Waals surface area contributed by atoms with Crippen molar-refractivity contribution in [1.82, 2.24) is 0 Å². The van der Waals surface area contributed by atoms with Crippen LogP contribution in [0.5, 0.6) is 11.5 Å². The topological polar surface area (TPSA) is 69.0 Å². The summed E-state index contributed by atoms with van der Waals surface area (Å²) < 4.78 is 42.8. The molecule has 0 aliphatic rings. The van der Waals surface area contributed by atoms with E-state index in [0.29, 0.717) is 22.7 Å². The van der Waals surface area contributed by atoms with Gasteiger partial charge in [-0.1, -0.05) is 12.1 Å². The van der Waals surface area contributed by atoms with Crippen molar-refractivity contribution in [2.24, 2.45) is 0 Å². The Morgan fingerprint density at radius 3 is 2.44 bits per heavy atom. The predicted octanol–water partition coefficient (Wildman–Crippen LogP) is 4.78. The van der Waals surface area contributed by atoms with Crippen LogP contribution in [0.3, 0.4) is 0 Å². The first kappa shape index (κ1) is 21.5. The van der Waals surface area contributed by atoms with Crippen LogP contribution in [0.2, 0.25) is 0 Å². The standard InChI is InChI=1S/C24H20FNO5S/c1-26(20-15-24(27)30-21-7-5-4-6-19(20)21)17-10-13-22(29-2)23(14-17)31-32(3,28)18-11-8-16(25)9-12-18/h4-15H,3H2,1-2H3. The van der Waals surface area contributed by atoms with E-state index in [1.165, 1.54) is 37.4 Å². The van der Waals surface area contributed by atoms with E-state index in [2.05, 4.69) is 5.87 Å². The smallest absolute Gasteiger partial charge is 0.338 e. The number of benzene rings is 3. The quantitative estimate of drug-likeness (QED) is 0.309. The SMILES string of the molecule is C=S(=O)(Oc1cc(N(C)c2cc(=O)oc3ccccc23)ccc1OC)c1ccc(F)cc1. The summed E-state index contributed by atoms with van der Waals surface area (Å²) in [6.45, 7) is 0. The third-order valence-corrected chi connectivity index (χ3v) is 6.36. The summed E-state index contributed by atoms with van der Waals surface area (Å²) in [4.78, 5) is 14.1.